The topological polar surface area (TPSA) is 89.3 Å². The van der Waals surface area contributed by atoms with E-state index < -0.39 is 0 Å². The van der Waals surface area contributed by atoms with Gasteiger partial charge in [-0.2, -0.15) is 4.98 Å². The number of rotatable bonds is 8. The highest BCUT2D eigenvalue weighted by atomic mass is 16.5. The number of ether oxygens (including phenoxy) is 1. The lowest BCUT2D eigenvalue weighted by Crippen LogP contribution is -2.14. The highest BCUT2D eigenvalue weighted by molar-refractivity contribution is 6.08. The Kier molecular flexibility index (Phi) is 6.23. The Balaban J connectivity index is 1.42. The summed E-state index contributed by atoms with van der Waals surface area (Å²) in [5.74, 6) is 1.51. The van der Waals surface area contributed by atoms with Crippen LogP contribution in [-0.2, 0) is 6.54 Å². The van der Waals surface area contributed by atoms with Crippen molar-refractivity contribution in [1.82, 2.24) is 10.1 Å². The van der Waals surface area contributed by atoms with Gasteiger partial charge in [-0.1, -0.05) is 35.5 Å². The summed E-state index contributed by atoms with van der Waals surface area (Å²) in [7, 11) is 0. The third-order valence-electron chi connectivity index (χ3n) is 4.53. The van der Waals surface area contributed by atoms with E-state index in [9.17, 15) is 4.79 Å². The summed E-state index contributed by atoms with van der Waals surface area (Å²) in [6, 6.07) is 24.1. The highest BCUT2D eigenvalue weighted by Crippen LogP contribution is 2.21. The molecule has 4 aromatic rings. The van der Waals surface area contributed by atoms with Crippen molar-refractivity contribution in [2.24, 2.45) is 0 Å². The molecule has 0 aliphatic rings. The molecule has 0 saturated carbocycles. The van der Waals surface area contributed by atoms with Crippen molar-refractivity contribution in [3.8, 4) is 17.1 Å². The summed E-state index contributed by atoms with van der Waals surface area (Å²) < 4.78 is 10.8. The average molecular weight is 414 g/mol. The minimum atomic E-state index is -0.199. The first kappa shape index (κ1) is 20.2. The van der Waals surface area contributed by atoms with Crippen LogP contribution in [0.3, 0.4) is 0 Å². The molecule has 0 saturated heterocycles. The second-order valence-electron chi connectivity index (χ2n) is 6.69. The predicted molar refractivity (Wildman–Crippen MR) is 119 cm³/mol. The van der Waals surface area contributed by atoms with Gasteiger partial charge in [-0.25, -0.2) is 0 Å². The van der Waals surface area contributed by atoms with E-state index in [0.29, 0.717) is 36.1 Å². The Hall–Kier alpha value is -4.13. The fourth-order valence-electron chi connectivity index (χ4n) is 3.04. The quantitative estimate of drug-likeness (QED) is 0.422. The number of hydrogen-bond donors (Lipinski definition) is 2. The number of hydrogen-bond acceptors (Lipinski definition) is 6. The summed E-state index contributed by atoms with van der Waals surface area (Å²) in [6.45, 7) is 2.84. The summed E-state index contributed by atoms with van der Waals surface area (Å²) in [4.78, 5) is 17.1. The average Bonchev–Trinajstić information content (AvgIpc) is 3.28. The molecule has 0 aliphatic carbocycles. The number of aromatic nitrogens is 2. The van der Waals surface area contributed by atoms with E-state index in [1.54, 1.807) is 6.07 Å². The lowest BCUT2D eigenvalue weighted by molar-refractivity contribution is 0.102. The van der Waals surface area contributed by atoms with Crippen LogP contribution in [0.4, 0.5) is 11.4 Å². The van der Waals surface area contributed by atoms with E-state index in [2.05, 4.69) is 20.8 Å². The van der Waals surface area contributed by atoms with Gasteiger partial charge in [0.25, 0.3) is 5.91 Å². The standard InChI is InChI=1S/C24H22N4O3/c1-2-30-19-14-12-17(13-15-19)23-27-22(31-28-23)16-25-21-11-7-6-10-20(21)24(29)26-18-8-4-3-5-9-18/h3-15,25H,2,16H2,1H3,(H,26,29). The van der Waals surface area contributed by atoms with Crippen molar-refractivity contribution in [3.63, 3.8) is 0 Å². The van der Waals surface area contributed by atoms with Crippen LogP contribution in [0.15, 0.2) is 83.4 Å². The number of carbonyl (C=O) groups is 1. The van der Waals surface area contributed by atoms with Crippen LogP contribution in [0.25, 0.3) is 11.4 Å². The van der Waals surface area contributed by atoms with Gasteiger partial charge in [0.2, 0.25) is 11.7 Å². The smallest absolute Gasteiger partial charge is 0.257 e. The molecule has 7 heteroatoms. The van der Waals surface area contributed by atoms with Crippen molar-refractivity contribution in [2.45, 2.75) is 13.5 Å². The SMILES string of the molecule is CCOc1ccc(-c2noc(CNc3ccccc3C(=O)Nc3ccccc3)n2)cc1. The second-order valence-corrected chi connectivity index (χ2v) is 6.69. The van der Waals surface area contributed by atoms with Gasteiger partial charge in [-0.05, 0) is 55.5 Å². The van der Waals surface area contributed by atoms with E-state index in [-0.39, 0.29) is 5.91 Å². The zero-order valence-electron chi connectivity index (χ0n) is 17.0. The van der Waals surface area contributed by atoms with Gasteiger partial charge in [0.05, 0.1) is 18.7 Å². The fraction of sp³-hybridized carbons (Fsp3) is 0.125. The maximum absolute atomic E-state index is 12.7. The summed E-state index contributed by atoms with van der Waals surface area (Å²) in [5, 5.41) is 10.1. The Morgan fingerprint density at radius 2 is 1.71 bits per heavy atom. The fourth-order valence-corrected chi connectivity index (χ4v) is 3.04. The number of benzene rings is 3. The van der Waals surface area contributed by atoms with Gasteiger partial charge >= 0.3 is 0 Å². The normalized spacial score (nSPS) is 10.5. The van der Waals surface area contributed by atoms with Gasteiger partial charge in [0, 0.05) is 16.9 Å². The molecule has 1 heterocycles. The first-order valence-corrected chi connectivity index (χ1v) is 9.98. The van der Waals surface area contributed by atoms with Crippen molar-refractivity contribution in [2.75, 3.05) is 17.2 Å². The zero-order chi connectivity index (χ0) is 21.5. The monoisotopic (exact) mass is 414 g/mol. The number of amides is 1. The number of nitrogens with one attached hydrogen (secondary N) is 2. The largest absolute Gasteiger partial charge is 0.494 e. The van der Waals surface area contributed by atoms with E-state index in [0.717, 1.165) is 17.0 Å². The van der Waals surface area contributed by atoms with Crippen molar-refractivity contribution < 1.29 is 14.1 Å². The highest BCUT2D eigenvalue weighted by Gasteiger charge is 2.13. The van der Waals surface area contributed by atoms with E-state index in [1.165, 1.54) is 0 Å². The van der Waals surface area contributed by atoms with Crippen LogP contribution in [0.1, 0.15) is 23.2 Å². The first-order valence-electron chi connectivity index (χ1n) is 9.98. The Morgan fingerprint density at radius 1 is 0.968 bits per heavy atom. The van der Waals surface area contributed by atoms with Crippen LogP contribution in [0.2, 0.25) is 0 Å². The number of carbonyl (C=O) groups excluding carboxylic acids is 1. The molecule has 7 nitrogen and oxygen atoms in total. The van der Waals surface area contributed by atoms with Crippen molar-refractivity contribution in [1.29, 1.82) is 0 Å². The molecule has 3 aromatic carbocycles. The second kappa shape index (κ2) is 9.58. The third-order valence-corrected chi connectivity index (χ3v) is 4.53. The molecular formula is C24H22N4O3. The summed E-state index contributed by atoms with van der Waals surface area (Å²) in [5.41, 5.74) is 2.77. The summed E-state index contributed by atoms with van der Waals surface area (Å²) in [6.07, 6.45) is 0. The molecule has 0 atom stereocenters. The minimum Gasteiger partial charge on any atom is -0.494 e. The number of anilines is 2. The van der Waals surface area contributed by atoms with Crippen LogP contribution < -0.4 is 15.4 Å². The van der Waals surface area contributed by atoms with E-state index in [4.69, 9.17) is 9.26 Å². The molecule has 0 aliphatic heterocycles. The number of nitrogens with zero attached hydrogens (tertiary/aromatic N) is 2. The van der Waals surface area contributed by atoms with Crippen LogP contribution in [0.5, 0.6) is 5.75 Å². The molecule has 2 N–H and O–H groups in total. The summed E-state index contributed by atoms with van der Waals surface area (Å²) >= 11 is 0. The molecular weight excluding hydrogens is 392 g/mol. The van der Waals surface area contributed by atoms with Gasteiger partial charge in [0.1, 0.15) is 5.75 Å². The zero-order valence-corrected chi connectivity index (χ0v) is 17.0. The molecule has 1 aromatic heterocycles. The first-order chi connectivity index (χ1) is 15.2. The van der Waals surface area contributed by atoms with Gasteiger partial charge in [-0.15, -0.1) is 0 Å². The van der Waals surface area contributed by atoms with Crippen LogP contribution in [0, 0.1) is 0 Å². The molecule has 4 rings (SSSR count). The Bertz CT molecular complexity index is 1140. The van der Waals surface area contributed by atoms with Gasteiger partial charge < -0.3 is 19.9 Å². The molecule has 0 bridgehead atoms. The molecule has 31 heavy (non-hydrogen) atoms. The molecule has 0 radical (unpaired) electrons. The van der Waals surface area contributed by atoms with Crippen LogP contribution >= 0.6 is 0 Å². The van der Waals surface area contributed by atoms with E-state index in [1.807, 2.05) is 79.7 Å². The molecule has 0 spiro atoms. The number of para-hydroxylation sites is 2. The third kappa shape index (κ3) is 5.08. The van der Waals surface area contributed by atoms with Crippen molar-refractivity contribution in [3.05, 3.63) is 90.3 Å². The molecule has 0 unspecified atom stereocenters. The van der Waals surface area contributed by atoms with Gasteiger partial charge in [-0.3, -0.25) is 4.79 Å². The lowest BCUT2D eigenvalue weighted by atomic mass is 10.1. The van der Waals surface area contributed by atoms with Crippen molar-refractivity contribution >= 4 is 17.3 Å². The Labute approximate surface area is 180 Å². The van der Waals surface area contributed by atoms with E-state index >= 15 is 0 Å². The predicted octanol–water partition coefficient (Wildman–Crippen LogP) is 5.00. The van der Waals surface area contributed by atoms with Crippen LogP contribution in [-0.4, -0.2) is 22.7 Å². The Morgan fingerprint density at radius 3 is 2.48 bits per heavy atom. The maximum atomic E-state index is 12.7. The molecule has 0 fully saturated rings. The maximum Gasteiger partial charge on any atom is 0.257 e. The molecule has 1 amide bonds. The lowest BCUT2D eigenvalue weighted by Gasteiger charge is -2.11. The minimum absolute atomic E-state index is 0.199. The molecule has 156 valence electrons. The van der Waals surface area contributed by atoms with Gasteiger partial charge in [0.15, 0.2) is 0 Å².